The maximum absolute atomic E-state index is 12.8. The van der Waals surface area contributed by atoms with E-state index in [1.165, 1.54) is 16.8 Å². The van der Waals surface area contributed by atoms with E-state index in [0.717, 1.165) is 25.7 Å². The number of hydrogen-bond donors (Lipinski definition) is 1. The van der Waals surface area contributed by atoms with Crippen molar-refractivity contribution in [1.29, 1.82) is 0 Å². The third kappa shape index (κ3) is 4.98. The normalized spacial score (nSPS) is 16.4. The fraction of sp³-hybridized carbons (Fsp3) is 0.450. The summed E-state index contributed by atoms with van der Waals surface area (Å²) in [5.41, 5.74) is 0.908. The minimum atomic E-state index is -0.465. The lowest BCUT2D eigenvalue weighted by Gasteiger charge is -2.31. The molecular weight excluding hydrogens is 374 g/mol. The molecule has 1 aromatic heterocycles. The van der Waals surface area contributed by atoms with Crippen LogP contribution in [0, 0.1) is 16.0 Å². The third-order valence-electron chi connectivity index (χ3n) is 5.04. The van der Waals surface area contributed by atoms with Crippen molar-refractivity contribution >= 4 is 17.5 Å². The molecule has 9 heteroatoms. The lowest BCUT2D eigenvalue weighted by Crippen LogP contribution is -2.45. The summed E-state index contributed by atoms with van der Waals surface area (Å²) < 4.78 is 1.51. The van der Waals surface area contributed by atoms with Crippen LogP contribution in [0.3, 0.4) is 0 Å². The van der Waals surface area contributed by atoms with Crippen molar-refractivity contribution < 1.29 is 14.5 Å². The van der Waals surface area contributed by atoms with Crippen LogP contribution in [0.2, 0.25) is 0 Å². The molecule has 1 aromatic carbocycles. The second kappa shape index (κ2) is 9.31. The fourth-order valence-corrected chi connectivity index (χ4v) is 3.38. The van der Waals surface area contributed by atoms with Crippen molar-refractivity contribution in [2.45, 2.75) is 32.6 Å². The van der Waals surface area contributed by atoms with Crippen LogP contribution in [0.1, 0.15) is 43.1 Å². The van der Waals surface area contributed by atoms with Crippen LogP contribution in [-0.2, 0) is 4.79 Å². The highest BCUT2D eigenvalue weighted by atomic mass is 16.6. The van der Waals surface area contributed by atoms with E-state index in [0.29, 0.717) is 25.3 Å². The number of non-ortho nitro benzene ring substituents is 1. The largest absolute Gasteiger partial charge is 0.356 e. The Labute approximate surface area is 168 Å². The number of rotatable bonds is 7. The van der Waals surface area contributed by atoms with Crippen molar-refractivity contribution in [2.24, 2.45) is 5.92 Å². The Morgan fingerprint density at radius 1 is 1.28 bits per heavy atom. The van der Waals surface area contributed by atoms with Gasteiger partial charge in [-0.3, -0.25) is 19.7 Å². The number of carbonyl (C=O) groups is 2. The van der Waals surface area contributed by atoms with Gasteiger partial charge in [0.1, 0.15) is 0 Å². The fourth-order valence-electron chi connectivity index (χ4n) is 3.38. The first-order chi connectivity index (χ1) is 14.0. The van der Waals surface area contributed by atoms with Gasteiger partial charge in [0, 0.05) is 38.0 Å². The van der Waals surface area contributed by atoms with E-state index >= 15 is 0 Å². The first-order valence-electron chi connectivity index (χ1n) is 9.87. The number of aromatic nitrogens is 2. The Kier molecular flexibility index (Phi) is 6.58. The molecule has 29 heavy (non-hydrogen) atoms. The lowest BCUT2D eigenvalue weighted by molar-refractivity contribution is -0.384. The molecule has 0 saturated carbocycles. The number of amides is 2. The van der Waals surface area contributed by atoms with E-state index in [4.69, 9.17) is 0 Å². The molecule has 0 spiro atoms. The van der Waals surface area contributed by atoms with Gasteiger partial charge in [0.15, 0.2) is 5.69 Å². The molecule has 3 rings (SSSR count). The summed E-state index contributed by atoms with van der Waals surface area (Å²) in [5, 5.41) is 18.0. The highest BCUT2D eigenvalue weighted by Crippen LogP contribution is 2.20. The van der Waals surface area contributed by atoms with Crippen molar-refractivity contribution in [2.75, 3.05) is 19.6 Å². The number of nitrogens with zero attached hydrogens (tertiary/aromatic N) is 4. The average molecular weight is 399 g/mol. The monoisotopic (exact) mass is 399 g/mol. The van der Waals surface area contributed by atoms with Gasteiger partial charge in [-0.2, -0.15) is 5.10 Å². The lowest BCUT2D eigenvalue weighted by atomic mass is 9.97. The van der Waals surface area contributed by atoms with Gasteiger partial charge in [0.2, 0.25) is 5.91 Å². The molecule has 0 radical (unpaired) electrons. The molecule has 1 unspecified atom stereocenters. The van der Waals surface area contributed by atoms with E-state index < -0.39 is 4.92 Å². The molecule has 154 valence electrons. The summed E-state index contributed by atoms with van der Waals surface area (Å²) >= 11 is 0. The molecule has 1 fully saturated rings. The van der Waals surface area contributed by atoms with E-state index in [2.05, 4.69) is 17.3 Å². The summed E-state index contributed by atoms with van der Waals surface area (Å²) in [5.74, 6) is -0.398. The van der Waals surface area contributed by atoms with Crippen LogP contribution in [0.15, 0.2) is 36.5 Å². The van der Waals surface area contributed by atoms with E-state index in [9.17, 15) is 19.7 Å². The molecule has 0 bridgehead atoms. The summed E-state index contributed by atoms with van der Waals surface area (Å²) in [6, 6.07) is 7.57. The summed E-state index contributed by atoms with van der Waals surface area (Å²) in [7, 11) is 0. The number of benzene rings is 1. The van der Waals surface area contributed by atoms with E-state index in [-0.39, 0.29) is 29.1 Å². The van der Waals surface area contributed by atoms with Crippen LogP contribution in [0.4, 0.5) is 5.69 Å². The number of unbranched alkanes of at least 4 members (excludes halogenated alkanes) is 1. The van der Waals surface area contributed by atoms with Crippen LogP contribution < -0.4 is 5.32 Å². The number of likely N-dealkylation sites (tertiary alicyclic amines) is 1. The van der Waals surface area contributed by atoms with Gasteiger partial charge in [-0.25, -0.2) is 4.68 Å². The van der Waals surface area contributed by atoms with Gasteiger partial charge in [0.05, 0.1) is 16.5 Å². The molecule has 9 nitrogen and oxygen atoms in total. The minimum absolute atomic E-state index is 0.00576. The van der Waals surface area contributed by atoms with E-state index in [1.54, 1.807) is 29.3 Å². The van der Waals surface area contributed by atoms with Gasteiger partial charge in [-0.05, 0) is 37.5 Å². The van der Waals surface area contributed by atoms with Crippen LogP contribution in [-0.4, -0.2) is 51.1 Å². The molecule has 1 saturated heterocycles. The Morgan fingerprint density at radius 2 is 2.03 bits per heavy atom. The predicted molar refractivity (Wildman–Crippen MR) is 107 cm³/mol. The number of carbonyl (C=O) groups excluding carboxylic acids is 2. The maximum Gasteiger partial charge on any atom is 0.274 e. The zero-order valence-corrected chi connectivity index (χ0v) is 16.4. The Bertz CT molecular complexity index is 877. The molecule has 0 aliphatic carbocycles. The van der Waals surface area contributed by atoms with Gasteiger partial charge in [-0.15, -0.1) is 0 Å². The Balaban J connectivity index is 1.64. The highest BCUT2D eigenvalue weighted by Gasteiger charge is 2.29. The van der Waals surface area contributed by atoms with Gasteiger partial charge >= 0.3 is 0 Å². The topological polar surface area (TPSA) is 110 Å². The second-order valence-corrected chi connectivity index (χ2v) is 7.15. The summed E-state index contributed by atoms with van der Waals surface area (Å²) in [6.07, 6.45) is 5.17. The van der Waals surface area contributed by atoms with Crippen LogP contribution >= 0.6 is 0 Å². The molecule has 2 aromatic rings. The number of hydrogen-bond acceptors (Lipinski definition) is 5. The molecule has 1 aliphatic heterocycles. The maximum atomic E-state index is 12.8. The quantitative estimate of drug-likeness (QED) is 0.437. The Morgan fingerprint density at radius 3 is 2.72 bits per heavy atom. The van der Waals surface area contributed by atoms with Crippen molar-refractivity contribution in [3.05, 3.63) is 52.3 Å². The first-order valence-corrected chi connectivity index (χ1v) is 9.87. The summed E-state index contributed by atoms with van der Waals surface area (Å²) in [6.45, 7) is 3.73. The molecule has 2 heterocycles. The average Bonchev–Trinajstić information content (AvgIpc) is 3.23. The van der Waals surface area contributed by atoms with Gasteiger partial charge in [0.25, 0.3) is 11.6 Å². The van der Waals surface area contributed by atoms with Gasteiger partial charge in [-0.1, -0.05) is 13.3 Å². The summed E-state index contributed by atoms with van der Waals surface area (Å²) in [4.78, 5) is 37.2. The number of nitrogens with one attached hydrogen (secondary N) is 1. The molecule has 1 N–H and O–H groups in total. The number of nitro groups is 1. The predicted octanol–water partition coefficient (Wildman–Crippen LogP) is 2.55. The molecule has 2 amide bonds. The van der Waals surface area contributed by atoms with Crippen molar-refractivity contribution in [3.63, 3.8) is 0 Å². The zero-order chi connectivity index (χ0) is 20.8. The Hall–Kier alpha value is -3.23. The van der Waals surface area contributed by atoms with Crippen LogP contribution in [0.25, 0.3) is 5.69 Å². The van der Waals surface area contributed by atoms with Gasteiger partial charge < -0.3 is 10.2 Å². The van der Waals surface area contributed by atoms with Crippen molar-refractivity contribution in [1.82, 2.24) is 20.0 Å². The van der Waals surface area contributed by atoms with E-state index in [1.807, 2.05) is 0 Å². The minimum Gasteiger partial charge on any atom is -0.356 e. The molecular formula is C20H25N5O4. The smallest absolute Gasteiger partial charge is 0.274 e. The zero-order valence-electron chi connectivity index (χ0n) is 16.4. The number of nitro benzene ring substituents is 1. The first kappa shape index (κ1) is 20.5. The van der Waals surface area contributed by atoms with Crippen LogP contribution in [0.5, 0.6) is 0 Å². The molecule has 1 aliphatic rings. The highest BCUT2D eigenvalue weighted by molar-refractivity contribution is 5.93. The number of piperidine rings is 1. The van der Waals surface area contributed by atoms with Crippen molar-refractivity contribution in [3.8, 4) is 5.69 Å². The third-order valence-corrected chi connectivity index (χ3v) is 5.04. The molecule has 1 atom stereocenters. The standard InChI is InChI=1S/C20H25N5O4/c1-2-3-11-21-19(26)15-5-4-12-23(14-15)20(27)18-10-13-24(22-18)16-6-8-17(9-7-16)25(28)29/h6-10,13,15H,2-5,11-12,14H2,1H3,(H,21,26). The SMILES string of the molecule is CCCCNC(=O)C1CCCN(C(=O)c2ccn(-c3ccc([N+](=O)[O-])cc3)n2)C1. The second-order valence-electron chi connectivity index (χ2n) is 7.15.